The van der Waals surface area contributed by atoms with Crippen molar-refractivity contribution in [2.75, 3.05) is 0 Å². The fourth-order valence-corrected chi connectivity index (χ4v) is 2.52. The van der Waals surface area contributed by atoms with Crippen molar-refractivity contribution in [3.05, 3.63) is 23.6 Å². The highest BCUT2D eigenvalue weighted by Crippen LogP contribution is 2.28. The summed E-state index contributed by atoms with van der Waals surface area (Å²) in [6.07, 6.45) is 5.99. The predicted molar refractivity (Wildman–Crippen MR) is 78.2 cm³/mol. The van der Waals surface area contributed by atoms with Gasteiger partial charge in [-0.05, 0) is 37.7 Å². The van der Waals surface area contributed by atoms with Gasteiger partial charge in [0, 0.05) is 18.2 Å². The normalized spacial score (nSPS) is 23.1. The molecular weight excluding hydrogens is 255 g/mol. The number of pyridine rings is 1. The molecule has 0 saturated heterocycles. The maximum Gasteiger partial charge on any atom is 0.218 e. The first kappa shape index (κ1) is 15.2. The Bertz CT molecular complexity index is 428. The smallest absolute Gasteiger partial charge is 0.218 e. The first-order valence-electron chi connectivity index (χ1n) is 7.59. The summed E-state index contributed by atoms with van der Waals surface area (Å²) in [5.74, 6) is 1.06. The van der Waals surface area contributed by atoms with Crippen LogP contribution in [0.2, 0.25) is 0 Å². The summed E-state index contributed by atoms with van der Waals surface area (Å²) in [5, 5.41) is 3.29. The van der Waals surface area contributed by atoms with Crippen molar-refractivity contribution in [2.24, 2.45) is 5.92 Å². The minimum Gasteiger partial charge on any atom is -0.474 e. The Morgan fingerprint density at radius 2 is 2.05 bits per heavy atom. The molecule has 112 valence electrons. The average molecular weight is 280 g/mol. The van der Waals surface area contributed by atoms with Crippen molar-refractivity contribution < 1.29 is 9.13 Å². The van der Waals surface area contributed by atoms with Crippen LogP contribution in [-0.2, 0) is 6.54 Å². The molecule has 3 nitrogen and oxygen atoms in total. The molecule has 1 saturated carbocycles. The zero-order valence-electron chi connectivity index (χ0n) is 12.7. The van der Waals surface area contributed by atoms with Crippen LogP contribution in [0.1, 0.15) is 52.0 Å². The Hall–Kier alpha value is -1.16. The second-order valence-corrected chi connectivity index (χ2v) is 6.15. The van der Waals surface area contributed by atoms with Gasteiger partial charge in [0.25, 0.3) is 0 Å². The number of nitrogens with one attached hydrogen (secondary N) is 1. The molecule has 0 aliphatic heterocycles. The monoisotopic (exact) mass is 280 g/mol. The molecule has 0 aromatic carbocycles. The van der Waals surface area contributed by atoms with E-state index in [2.05, 4.69) is 31.1 Å². The Morgan fingerprint density at radius 3 is 2.70 bits per heavy atom. The van der Waals surface area contributed by atoms with E-state index in [1.54, 1.807) is 0 Å². The van der Waals surface area contributed by atoms with Gasteiger partial charge in [-0.15, -0.1) is 0 Å². The van der Waals surface area contributed by atoms with Gasteiger partial charge in [0.15, 0.2) is 0 Å². The van der Waals surface area contributed by atoms with E-state index in [0.717, 1.165) is 24.3 Å². The molecule has 20 heavy (non-hydrogen) atoms. The van der Waals surface area contributed by atoms with E-state index >= 15 is 0 Å². The van der Waals surface area contributed by atoms with Crippen molar-refractivity contribution in [3.63, 3.8) is 0 Å². The first-order valence-corrected chi connectivity index (χ1v) is 7.59. The van der Waals surface area contributed by atoms with E-state index in [1.807, 2.05) is 0 Å². The van der Waals surface area contributed by atoms with Crippen molar-refractivity contribution >= 4 is 0 Å². The Labute approximate surface area is 120 Å². The molecule has 1 aliphatic rings. The quantitative estimate of drug-likeness (QED) is 0.893. The minimum absolute atomic E-state index is 0.224. The highest BCUT2D eigenvalue weighted by molar-refractivity contribution is 5.26. The lowest BCUT2D eigenvalue weighted by Crippen LogP contribution is -2.26. The van der Waals surface area contributed by atoms with Crippen LogP contribution in [-0.4, -0.2) is 17.1 Å². The second-order valence-electron chi connectivity index (χ2n) is 6.15. The van der Waals surface area contributed by atoms with Gasteiger partial charge in [-0.25, -0.2) is 9.37 Å². The molecule has 0 bridgehead atoms. The van der Waals surface area contributed by atoms with E-state index in [4.69, 9.17) is 4.74 Å². The summed E-state index contributed by atoms with van der Waals surface area (Å²) >= 11 is 0. The van der Waals surface area contributed by atoms with Crippen LogP contribution in [0.25, 0.3) is 0 Å². The van der Waals surface area contributed by atoms with E-state index in [1.165, 1.54) is 25.1 Å². The molecule has 0 spiro atoms. The number of rotatable bonds is 5. The molecular formula is C16H25FN2O. The number of hydrogen-bond acceptors (Lipinski definition) is 3. The third-order valence-electron chi connectivity index (χ3n) is 3.83. The number of nitrogens with zero attached hydrogens (tertiary/aromatic N) is 1. The third-order valence-corrected chi connectivity index (χ3v) is 3.83. The summed E-state index contributed by atoms with van der Waals surface area (Å²) in [6, 6.07) is 1.87. The Balaban J connectivity index is 2.02. The summed E-state index contributed by atoms with van der Waals surface area (Å²) < 4.78 is 19.4. The molecule has 1 aromatic heterocycles. The lowest BCUT2D eigenvalue weighted by atomic mass is 9.89. The fourth-order valence-electron chi connectivity index (χ4n) is 2.52. The highest BCUT2D eigenvalue weighted by Gasteiger charge is 2.21. The van der Waals surface area contributed by atoms with Gasteiger partial charge in [0.05, 0.1) is 6.20 Å². The number of ether oxygens (including phenoxy) is 1. The zero-order valence-corrected chi connectivity index (χ0v) is 12.7. The van der Waals surface area contributed by atoms with Gasteiger partial charge in [-0.3, -0.25) is 0 Å². The summed E-state index contributed by atoms with van der Waals surface area (Å²) in [7, 11) is 0. The van der Waals surface area contributed by atoms with Gasteiger partial charge in [0.1, 0.15) is 11.9 Å². The number of hydrogen-bond donors (Lipinski definition) is 1. The van der Waals surface area contributed by atoms with Crippen LogP contribution >= 0.6 is 0 Å². The van der Waals surface area contributed by atoms with Crippen LogP contribution in [0.15, 0.2) is 12.3 Å². The van der Waals surface area contributed by atoms with Crippen molar-refractivity contribution in [1.82, 2.24) is 10.3 Å². The van der Waals surface area contributed by atoms with Gasteiger partial charge in [-0.2, -0.15) is 0 Å². The molecule has 0 amide bonds. The summed E-state index contributed by atoms with van der Waals surface area (Å²) in [4.78, 5) is 4.13. The Morgan fingerprint density at radius 1 is 1.35 bits per heavy atom. The number of halogens is 1. The summed E-state index contributed by atoms with van der Waals surface area (Å²) in [6.45, 7) is 7.00. The predicted octanol–water partition coefficient (Wildman–Crippen LogP) is 3.68. The average Bonchev–Trinajstić information content (AvgIpc) is 2.41. The highest BCUT2D eigenvalue weighted by atomic mass is 19.1. The lowest BCUT2D eigenvalue weighted by Gasteiger charge is -2.27. The van der Waals surface area contributed by atoms with Crippen LogP contribution in [0.4, 0.5) is 4.39 Å². The maximum atomic E-state index is 13.4. The van der Waals surface area contributed by atoms with Crippen molar-refractivity contribution in [1.29, 1.82) is 0 Å². The van der Waals surface area contributed by atoms with Crippen molar-refractivity contribution in [2.45, 2.75) is 65.1 Å². The Kier molecular flexibility index (Phi) is 5.35. The van der Waals surface area contributed by atoms with Gasteiger partial charge < -0.3 is 10.1 Å². The van der Waals surface area contributed by atoms with Crippen LogP contribution in [0.5, 0.6) is 5.88 Å². The van der Waals surface area contributed by atoms with Gasteiger partial charge >= 0.3 is 0 Å². The van der Waals surface area contributed by atoms with E-state index in [0.29, 0.717) is 18.5 Å². The zero-order chi connectivity index (χ0) is 14.5. The van der Waals surface area contributed by atoms with Gasteiger partial charge in [-0.1, -0.05) is 20.8 Å². The molecule has 1 aliphatic carbocycles. The molecule has 0 atom stereocenters. The molecule has 1 fully saturated rings. The molecule has 1 N–H and O–H groups in total. The molecule has 0 unspecified atom stereocenters. The summed E-state index contributed by atoms with van der Waals surface area (Å²) in [5.41, 5.74) is 0.803. The van der Waals surface area contributed by atoms with E-state index < -0.39 is 0 Å². The van der Waals surface area contributed by atoms with Gasteiger partial charge in [0.2, 0.25) is 5.88 Å². The third kappa shape index (κ3) is 4.44. The van der Waals surface area contributed by atoms with Crippen LogP contribution in [0, 0.1) is 11.7 Å². The standard InChI is InChI=1S/C16H25FN2O/c1-11(2)18-9-13-8-14(17)10-19-16(13)20-15-6-4-12(3)5-7-15/h8,10-12,15,18H,4-7,9H2,1-3H3. The topological polar surface area (TPSA) is 34.1 Å². The van der Waals surface area contributed by atoms with Crippen LogP contribution in [0.3, 0.4) is 0 Å². The molecule has 1 heterocycles. The SMILES string of the molecule is CC1CCC(Oc2ncc(F)cc2CNC(C)C)CC1. The van der Waals surface area contributed by atoms with E-state index in [9.17, 15) is 4.39 Å². The second kappa shape index (κ2) is 7.02. The molecule has 0 radical (unpaired) electrons. The molecule has 2 rings (SSSR count). The molecule has 4 heteroatoms. The van der Waals surface area contributed by atoms with E-state index in [-0.39, 0.29) is 11.9 Å². The van der Waals surface area contributed by atoms with Crippen LogP contribution < -0.4 is 10.1 Å². The number of aromatic nitrogens is 1. The molecule has 1 aromatic rings. The van der Waals surface area contributed by atoms with Crippen molar-refractivity contribution in [3.8, 4) is 5.88 Å². The lowest BCUT2D eigenvalue weighted by molar-refractivity contribution is 0.128. The fraction of sp³-hybridized carbons (Fsp3) is 0.688. The largest absolute Gasteiger partial charge is 0.474 e. The first-order chi connectivity index (χ1) is 9.54. The minimum atomic E-state index is -0.310. The maximum absolute atomic E-state index is 13.4.